The third-order valence-corrected chi connectivity index (χ3v) is 4.17. The number of carbonyl (C=O) groups is 1. The second kappa shape index (κ2) is 7.42. The third kappa shape index (κ3) is 3.90. The van der Waals surface area contributed by atoms with Crippen LogP contribution in [0.25, 0.3) is 0 Å². The van der Waals surface area contributed by atoms with Gasteiger partial charge in [0.1, 0.15) is 11.6 Å². The third-order valence-electron chi connectivity index (χ3n) is 4.17. The number of hydrogen-bond donors (Lipinski definition) is 1. The lowest BCUT2D eigenvalue weighted by Gasteiger charge is -2.23. The van der Waals surface area contributed by atoms with E-state index in [0.717, 1.165) is 12.8 Å². The minimum atomic E-state index is -2.88. The first-order chi connectivity index (χ1) is 11.6. The van der Waals surface area contributed by atoms with Crippen molar-refractivity contribution < 1.29 is 18.3 Å². The number of carbonyl (C=O) groups excluding carboxylic acids is 1. The number of hydrogen-bond acceptors (Lipinski definition) is 3. The molecule has 1 aliphatic rings. The highest BCUT2D eigenvalue weighted by Crippen LogP contribution is 2.30. The molecule has 1 aromatic carbocycles. The van der Waals surface area contributed by atoms with Crippen LogP contribution < -0.4 is 10.1 Å². The number of aromatic nitrogens is 2. The largest absolute Gasteiger partial charge is 0.435 e. The fourth-order valence-corrected chi connectivity index (χ4v) is 3.01. The normalized spacial score (nSPS) is 15.5. The maximum Gasteiger partial charge on any atom is 0.387 e. The molecule has 3 rings (SSSR count). The topological polar surface area (TPSA) is 56.2 Å². The summed E-state index contributed by atoms with van der Waals surface area (Å²) in [5.74, 6) is 0.366. The van der Waals surface area contributed by atoms with Gasteiger partial charge in [0.2, 0.25) is 0 Å². The first-order valence-corrected chi connectivity index (χ1v) is 8.03. The van der Waals surface area contributed by atoms with Crippen molar-refractivity contribution in [2.24, 2.45) is 0 Å². The highest BCUT2D eigenvalue weighted by Gasteiger charge is 2.19. The zero-order valence-corrected chi connectivity index (χ0v) is 13.1. The summed E-state index contributed by atoms with van der Waals surface area (Å²) in [5.41, 5.74) is 0.369. The molecule has 1 heterocycles. The van der Waals surface area contributed by atoms with Gasteiger partial charge < -0.3 is 10.1 Å². The molecule has 0 spiro atoms. The van der Waals surface area contributed by atoms with E-state index in [1.165, 1.54) is 43.5 Å². The van der Waals surface area contributed by atoms with E-state index in [9.17, 15) is 13.6 Å². The second-order valence-electron chi connectivity index (χ2n) is 5.81. The molecule has 0 aliphatic heterocycles. The lowest BCUT2D eigenvalue weighted by Crippen LogP contribution is -2.20. The smallest absolute Gasteiger partial charge is 0.387 e. The Morgan fingerprint density at radius 1 is 1.17 bits per heavy atom. The molecule has 1 fully saturated rings. The predicted octanol–water partition coefficient (Wildman–Crippen LogP) is 4.24. The van der Waals surface area contributed by atoms with Gasteiger partial charge in [-0.2, -0.15) is 13.9 Å². The van der Waals surface area contributed by atoms with Gasteiger partial charge in [-0.15, -0.1) is 0 Å². The van der Waals surface area contributed by atoms with Crippen LogP contribution in [0.3, 0.4) is 0 Å². The van der Waals surface area contributed by atoms with Crippen molar-refractivity contribution >= 4 is 11.7 Å². The van der Waals surface area contributed by atoms with Crippen molar-refractivity contribution in [3.8, 4) is 5.75 Å². The molecule has 0 saturated heterocycles. The fourth-order valence-electron chi connectivity index (χ4n) is 3.01. The van der Waals surface area contributed by atoms with Crippen LogP contribution in [0.2, 0.25) is 0 Å². The molecule has 0 unspecified atom stereocenters. The molecule has 24 heavy (non-hydrogen) atoms. The van der Waals surface area contributed by atoms with Crippen LogP contribution in [0.15, 0.2) is 36.5 Å². The summed E-state index contributed by atoms with van der Waals surface area (Å²) in [6.07, 6.45) is 7.37. The molecule has 0 bridgehead atoms. The summed E-state index contributed by atoms with van der Waals surface area (Å²) < 4.78 is 30.4. The van der Waals surface area contributed by atoms with Gasteiger partial charge in [0.05, 0.1) is 12.2 Å². The summed E-state index contributed by atoms with van der Waals surface area (Å²) >= 11 is 0. The molecule has 1 amide bonds. The lowest BCUT2D eigenvalue weighted by molar-refractivity contribution is -0.0498. The number of anilines is 1. The molecule has 128 valence electrons. The van der Waals surface area contributed by atoms with Crippen LogP contribution in [-0.2, 0) is 0 Å². The van der Waals surface area contributed by atoms with Crippen LogP contribution >= 0.6 is 0 Å². The molecule has 7 heteroatoms. The predicted molar refractivity (Wildman–Crippen MR) is 85.4 cm³/mol. The number of ether oxygens (including phenoxy) is 1. The number of rotatable bonds is 5. The SMILES string of the molecule is O=C(Nc1ccnn1C1CCCCC1)c1ccc(OC(F)F)cc1. The molecule has 0 radical (unpaired) electrons. The summed E-state index contributed by atoms with van der Waals surface area (Å²) in [4.78, 5) is 12.3. The van der Waals surface area contributed by atoms with Crippen LogP contribution in [0.1, 0.15) is 48.5 Å². The molecular weight excluding hydrogens is 316 g/mol. The summed E-state index contributed by atoms with van der Waals surface area (Å²) in [7, 11) is 0. The Morgan fingerprint density at radius 2 is 1.88 bits per heavy atom. The Hall–Kier alpha value is -2.44. The van der Waals surface area contributed by atoms with Crippen molar-refractivity contribution in [2.45, 2.75) is 44.8 Å². The first kappa shape index (κ1) is 16.4. The lowest BCUT2D eigenvalue weighted by atomic mass is 9.96. The quantitative estimate of drug-likeness (QED) is 0.889. The molecule has 1 aromatic heterocycles. The van der Waals surface area contributed by atoms with Gasteiger partial charge in [-0.25, -0.2) is 4.68 Å². The molecule has 1 saturated carbocycles. The minimum Gasteiger partial charge on any atom is -0.435 e. The Labute approximate surface area is 138 Å². The molecule has 5 nitrogen and oxygen atoms in total. The van der Waals surface area contributed by atoms with Gasteiger partial charge >= 0.3 is 6.61 Å². The molecule has 1 aliphatic carbocycles. The standard InChI is InChI=1S/C17H19F2N3O2/c18-17(19)24-14-8-6-12(7-9-14)16(23)21-15-10-11-20-22(15)13-4-2-1-3-5-13/h6-11,13,17H,1-5H2,(H,21,23). The number of amides is 1. The highest BCUT2D eigenvalue weighted by molar-refractivity contribution is 6.03. The number of nitrogens with one attached hydrogen (secondary N) is 1. The summed E-state index contributed by atoms with van der Waals surface area (Å²) in [6, 6.07) is 7.67. The monoisotopic (exact) mass is 335 g/mol. The van der Waals surface area contributed by atoms with Crippen molar-refractivity contribution in [3.63, 3.8) is 0 Å². The average Bonchev–Trinajstić information content (AvgIpc) is 3.04. The van der Waals surface area contributed by atoms with E-state index in [4.69, 9.17) is 0 Å². The average molecular weight is 335 g/mol. The number of benzene rings is 1. The van der Waals surface area contributed by atoms with E-state index >= 15 is 0 Å². The second-order valence-corrected chi connectivity index (χ2v) is 5.81. The Kier molecular flexibility index (Phi) is 5.08. The molecule has 0 atom stereocenters. The Balaban J connectivity index is 1.67. The fraction of sp³-hybridized carbons (Fsp3) is 0.412. The number of nitrogens with zero attached hydrogens (tertiary/aromatic N) is 2. The van der Waals surface area contributed by atoms with E-state index in [-0.39, 0.29) is 11.7 Å². The number of halogens is 2. The Bertz CT molecular complexity index is 679. The molecule has 1 N–H and O–H groups in total. The van der Waals surface area contributed by atoms with Crippen molar-refractivity contribution in [1.82, 2.24) is 9.78 Å². The first-order valence-electron chi connectivity index (χ1n) is 8.03. The maximum absolute atomic E-state index is 12.3. The van der Waals surface area contributed by atoms with E-state index in [2.05, 4.69) is 15.2 Å². The Morgan fingerprint density at radius 3 is 2.54 bits per heavy atom. The van der Waals surface area contributed by atoms with Crippen LogP contribution in [0, 0.1) is 0 Å². The van der Waals surface area contributed by atoms with Crippen molar-refractivity contribution in [1.29, 1.82) is 0 Å². The van der Waals surface area contributed by atoms with Crippen molar-refractivity contribution in [2.75, 3.05) is 5.32 Å². The molecular formula is C17H19F2N3O2. The van der Waals surface area contributed by atoms with Crippen LogP contribution in [0.5, 0.6) is 5.75 Å². The van der Waals surface area contributed by atoms with Gasteiger partial charge in [-0.1, -0.05) is 19.3 Å². The molecule has 2 aromatic rings. The van der Waals surface area contributed by atoms with Crippen LogP contribution in [-0.4, -0.2) is 22.3 Å². The number of alkyl halides is 2. The van der Waals surface area contributed by atoms with Gasteiger partial charge in [0.15, 0.2) is 0 Å². The zero-order valence-electron chi connectivity index (χ0n) is 13.1. The van der Waals surface area contributed by atoms with Gasteiger partial charge in [0.25, 0.3) is 5.91 Å². The van der Waals surface area contributed by atoms with E-state index < -0.39 is 6.61 Å². The van der Waals surface area contributed by atoms with E-state index in [1.54, 1.807) is 12.3 Å². The zero-order chi connectivity index (χ0) is 16.9. The summed E-state index contributed by atoms with van der Waals surface area (Å²) in [5, 5.41) is 7.17. The van der Waals surface area contributed by atoms with Crippen molar-refractivity contribution in [3.05, 3.63) is 42.1 Å². The van der Waals surface area contributed by atoms with Crippen LogP contribution in [0.4, 0.5) is 14.6 Å². The minimum absolute atomic E-state index is 0.0220. The maximum atomic E-state index is 12.3. The van der Waals surface area contributed by atoms with E-state index in [1.807, 2.05) is 4.68 Å². The summed E-state index contributed by atoms with van der Waals surface area (Å²) in [6.45, 7) is -2.88. The van der Waals surface area contributed by atoms with Gasteiger partial charge in [0, 0.05) is 11.6 Å². The highest BCUT2D eigenvalue weighted by atomic mass is 19.3. The van der Waals surface area contributed by atoms with E-state index in [0.29, 0.717) is 17.4 Å². The van der Waals surface area contributed by atoms with Gasteiger partial charge in [-0.05, 0) is 37.1 Å². The van der Waals surface area contributed by atoms with Gasteiger partial charge in [-0.3, -0.25) is 4.79 Å².